The predicted molar refractivity (Wildman–Crippen MR) is 90.4 cm³/mol. The van der Waals surface area contributed by atoms with Crippen LogP contribution in [0.3, 0.4) is 0 Å². The molecule has 3 aromatic rings. The van der Waals surface area contributed by atoms with Gasteiger partial charge in [0, 0.05) is 5.56 Å². The van der Waals surface area contributed by atoms with E-state index in [4.69, 9.17) is 0 Å². The van der Waals surface area contributed by atoms with Crippen molar-refractivity contribution in [1.29, 1.82) is 0 Å². The van der Waals surface area contributed by atoms with Crippen LogP contribution in [0.15, 0.2) is 72.8 Å². The molecule has 0 unspecified atom stereocenters. The average molecular weight is 318 g/mol. The fourth-order valence-electron chi connectivity index (χ4n) is 2.54. The first-order valence-corrected chi connectivity index (χ1v) is 7.33. The summed E-state index contributed by atoms with van der Waals surface area (Å²) in [4.78, 5) is 24.1. The van der Waals surface area contributed by atoms with E-state index < -0.39 is 11.8 Å². The van der Waals surface area contributed by atoms with Crippen LogP contribution in [0.1, 0.15) is 26.3 Å². The van der Waals surface area contributed by atoms with Crippen molar-refractivity contribution in [1.82, 2.24) is 0 Å². The molecule has 0 atom stereocenters. The maximum absolute atomic E-state index is 12.8. The third kappa shape index (κ3) is 2.90. The number of benzene rings is 3. The molecule has 0 aliphatic heterocycles. The maximum atomic E-state index is 12.8. The number of hydrogen-bond acceptors (Lipinski definition) is 3. The fraction of sp³-hybridized carbons (Fsp3) is 0. The molecule has 2 N–H and O–H groups in total. The fourth-order valence-corrected chi connectivity index (χ4v) is 2.54. The van der Waals surface area contributed by atoms with Crippen LogP contribution in [0.4, 0.5) is 0 Å². The Morgan fingerprint density at radius 1 is 0.667 bits per heavy atom. The Bertz CT molecular complexity index is 914. The lowest BCUT2D eigenvalue weighted by Gasteiger charge is -2.09. The molecule has 0 spiro atoms. The highest BCUT2D eigenvalue weighted by Gasteiger charge is 2.20. The molecule has 0 radical (unpaired) electrons. The molecule has 0 aliphatic carbocycles. The molecule has 0 fully saturated rings. The van der Waals surface area contributed by atoms with Crippen LogP contribution in [-0.2, 0) is 0 Å². The molecule has 0 saturated heterocycles. The lowest BCUT2D eigenvalue weighted by molar-refractivity contribution is 0.0692. The van der Waals surface area contributed by atoms with Gasteiger partial charge in [-0.2, -0.15) is 0 Å². The number of carboxylic acids is 1. The van der Waals surface area contributed by atoms with Gasteiger partial charge in [-0.05, 0) is 29.3 Å². The summed E-state index contributed by atoms with van der Waals surface area (Å²) in [5.41, 5.74) is 1.70. The van der Waals surface area contributed by atoms with Gasteiger partial charge in [-0.3, -0.25) is 4.79 Å². The lowest BCUT2D eigenvalue weighted by atomic mass is 9.95. The van der Waals surface area contributed by atoms with E-state index in [1.165, 1.54) is 18.2 Å². The molecule has 3 aromatic carbocycles. The van der Waals surface area contributed by atoms with Crippen LogP contribution in [0.2, 0.25) is 0 Å². The summed E-state index contributed by atoms with van der Waals surface area (Å²) in [5, 5.41) is 19.3. The zero-order valence-corrected chi connectivity index (χ0v) is 12.6. The first-order valence-electron chi connectivity index (χ1n) is 7.33. The molecule has 0 aliphatic rings. The van der Waals surface area contributed by atoms with Gasteiger partial charge in [-0.1, -0.05) is 54.6 Å². The van der Waals surface area contributed by atoms with Gasteiger partial charge in [0.05, 0.1) is 11.1 Å². The summed E-state index contributed by atoms with van der Waals surface area (Å²) in [6.07, 6.45) is 0. The van der Waals surface area contributed by atoms with E-state index in [1.54, 1.807) is 24.3 Å². The van der Waals surface area contributed by atoms with Gasteiger partial charge in [0.25, 0.3) is 0 Å². The van der Waals surface area contributed by atoms with Gasteiger partial charge in [-0.25, -0.2) is 4.79 Å². The quantitative estimate of drug-likeness (QED) is 0.713. The van der Waals surface area contributed by atoms with Crippen molar-refractivity contribution in [2.75, 3.05) is 0 Å². The Balaban J connectivity index is 2.10. The molecule has 4 heteroatoms. The second kappa shape index (κ2) is 6.38. The van der Waals surface area contributed by atoms with Crippen molar-refractivity contribution >= 4 is 11.8 Å². The van der Waals surface area contributed by atoms with Crippen LogP contribution >= 0.6 is 0 Å². The van der Waals surface area contributed by atoms with Gasteiger partial charge in [0.1, 0.15) is 5.75 Å². The number of hydrogen-bond donors (Lipinski definition) is 2. The van der Waals surface area contributed by atoms with Crippen LogP contribution in [-0.4, -0.2) is 22.0 Å². The van der Waals surface area contributed by atoms with Gasteiger partial charge in [-0.15, -0.1) is 0 Å². The van der Waals surface area contributed by atoms with Gasteiger partial charge >= 0.3 is 5.97 Å². The van der Waals surface area contributed by atoms with E-state index in [0.29, 0.717) is 0 Å². The minimum atomic E-state index is -1.18. The Kier molecular flexibility index (Phi) is 4.12. The molecular weight excluding hydrogens is 304 g/mol. The van der Waals surface area contributed by atoms with Crippen LogP contribution in [0.25, 0.3) is 11.1 Å². The summed E-state index contributed by atoms with van der Waals surface area (Å²) in [7, 11) is 0. The number of phenolic OH excluding ortho intramolecular Hbond substituents is 1. The monoisotopic (exact) mass is 318 g/mol. The van der Waals surface area contributed by atoms with Crippen LogP contribution < -0.4 is 0 Å². The molecule has 3 rings (SSSR count). The molecule has 0 heterocycles. The Morgan fingerprint density at radius 3 is 1.96 bits per heavy atom. The summed E-state index contributed by atoms with van der Waals surface area (Å²) in [5.74, 6) is -1.89. The number of ketones is 1. The van der Waals surface area contributed by atoms with Gasteiger partial charge in [0.15, 0.2) is 5.78 Å². The number of rotatable bonds is 4. The number of carboxylic acid groups (broad SMARTS) is 1. The summed E-state index contributed by atoms with van der Waals surface area (Å²) >= 11 is 0. The maximum Gasteiger partial charge on any atom is 0.336 e. The van der Waals surface area contributed by atoms with E-state index >= 15 is 0 Å². The molecule has 0 amide bonds. The largest absolute Gasteiger partial charge is 0.507 e. The summed E-state index contributed by atoms with van der Waals surface area (Å²) in [6, 6.07) is 20.1. The van der Waals surface area contributed by atoms with Crippen LogP contribution in [0, 0.1) is 0 Å². The minimum absolute atomic E-state index is 0.0468. The highest BCUT2D eigenvalue weighted by atomic mass is 16.4. The normalized spacial score (nSPS) is 10.3. The van der Waals surface area contributed by atoms with Crippen molar-refractivity contribution in [3.05, 3.63) is 89.5 Å². The van der Waals surface area contributed by atoms with Crippen LogP contribution in [0.5, 0.6) is 5.75 Å². The number of phenols is 1. The third-order valence-corrected chi connectivity index (χ3v) is 3.75. The highest BCUT2D eigenvalue weighted by molar-refractivity contribution is 6.15. The molecule has 0 bridgehead atoms. The van der Waals surface area contributed by atoms with E-state index in [9.17, 15) is 19.8 Å². The van der Waals surface area contributed by atoms with E-state index in [0.717, 1.165) is 11.1 Å². The second-order valence-corrected chi connectivity index (χ2v) is 5.28. The summed E-state index contributed by atoms with van der Waals surface area (Å²) in [6.45, 7) is 0. The van der Waals surface area contributed by atoms with Crippen molar-refractivity contribution in [2.45, 2.75) is 0 Å². The second-order valence-electron chi connectivity index (χ2n) is 5.28. The SMILES string of the molecule is O=C(O)c1ccccc1C(=O)c1cc(-c2ccccc2)ccc1O. The van der Waals surface area contributed by atoms with Crippen molar-refractivity contribution in [3.63, 3.8) is 0 Å². The molecular formula is C20H14O4. The zero-order chi connectivity index (χ0) is 17.1. The topological polar surface area (TPSA) is 74.6 Å². The standard InChI is InChI=1S/C20H14O4/c21-18-11-10-14(13-6-2-1-3-7-13)12-17(18)19(22)15-8-4-5-9-16(15)20(23)24/h1-12,21H,(H,23,24). The van der Waals surface area contributed by atoms with Crippen molar-refractivity contribution in [3.8, 4) is 16.9 Å². The zero-order valence-electron chi connectivity index (χ0n) is 12.6. The van der Waals surface area contributed by atoms with E-state index in [1.807, 2.05) is 30.3 Å². The number of aromatic hydroxyl groups is 1. The Hall–Kier alpha value is -3.40. The molecule has 24 heavy (non-hydrogen) atoms. The number of carbonyl (C=O) groups excluding carboxylic acids is 1. The average Bonchev–Trinajstić information content (AvgIpc) is 2.62. The predicted octanol–water partition coefficient (Wildman–Crippen LogP) is 3.99. The van der Waals surface area contributed by atoms with E-state index in [-0.39, 0.29) is 22.4 Å². The molecule has 0 saturated carbocycles. The first kappa shape index (κ1) is 15.5. The summed E-state index contributed by atoms with van der Waals surface area (Å²) < 4.78 is 0. The first-order chi connectivity index (χ1) is 11.6. The van der Waals surface area contributed by atoms with Gasteiger partial charge < -0.3 is 10.2 Å². The highest BCUT2D eigenvalue weighted by Crippen LogP contribution is 2.28. The number of carbonyl (C=O) groups is 2. The van der Waals surface area contributed by atoms with Gasteiger partial charge in [0.2, 0.25) is 0 Å². The minimum Gasteiger partial charge on any atom is -0.507 e. The van der Waals surface area contributed by atoms with E-state index in [2.05, 4.69) is 0 Å². The smallest absolute Gasteiger partial charge is 0.336 e. The third-order valence-electron chi connectivity index (χ3n) is 3.75. The Labute approximate surface area is 138 Å². The number of aromatic carboxylic acids is 1. The molecule has 118 valence electrons. The Morgan fingerprint density at radius 2 is 1.29 bits per heavy atom. The molecule has 4 nitrogen and oxygen atoms in total. The lowest BCUT2D eigenvalue weighted by Crippen LogP contribution is -2.09. The van der Waals surface area contributed by atoms with Crippen molar-refractivity contribution < 1.29 is 19.8 Å². The molecule has 0 aromatic heterocycles. The van der Waals surface area contributed by atoms with Crippen molar-refractivity contribution in [2.24, 2.45) is 0 Å².